The molecule has 1 aromatic rings. The molecule has 4 nitrogen and oxygen atoms in total. The van der Waals surface area contributed by atoms with Gasteiger partial charge in [0.05, 0.1) is 13.2 Å². The average molecular weight is 252 g/mol. The van der Waals surface area contributed by atoms with Crippen molar-refractivity contribution >= 4 is 0 Å². The summed E-state index contributed by atoms with van der Waals surface area (Å²) in [5.74, 6) is 1.41. The summed E-state index contributed by atoms with van der Waals surface area (Å²) in [6.07, 6.45) is -0.161. The molecule has 4 heteroatoms. The second kappa shape index (κ2) is 5.59. The molecule has 0 heterocycles. The molecule has 3 unspecified atom stereocenters. The zero-order valence-electron chi connectivity index (χ0n) is 11.1. The van der Waals surface area contributed by atoms with Crippen molar-refractivity contribution in [1.29, 1.82) is 0 Å². The highest BCUT2D eigenvalue weighted by Gasteiger charge is 2.43. The van der Waals surface area contributed by atoms with Gasteiger partial charge in [0.1, 0.15) is 12.2 Å². The number of hydrogen-bond donors (Lipinski definition) is 1. The van der Waals surface area contributed by atoms with Crippen LogP contribution in [0.3, 0.4) is 0 Å². The van der Waals surface area contributed by atoms with Crippen molar-refractivity contribution in [2.75, 3.05) is 13.7 Å². The number of ether oxygens (including phenoxy) is 3. The van der Waals surface area contributed by atoms with E-state index < -0.39 is 6.10 Å². The van der Waals surface area contributed by atoms with Crippen LogP contribution >= 0.6 is 0 Å². The fourth-order valence-corrected chi connectivity index (χ4v) is 2.12. The van der Waals surface area contributed by atoms with E-state index in [-0.39, 0.29) is 12.2 Å². The Bertz CT molecular complexity index is 405. The molecule has 1 saturated carbocycles. The lowest BCUT2D eigenvalue weighted by molar-refractivity contribution is -0.160. The van der Waals surface area contributed by atoms with Crippen LogP contribution in [0, 0.1) is 6.92 Å². The molecule has 100 valence electrons. The van der Waals surface area contributed by atoms with Gasteiger partial charge in [-0.3, -0.25) is 0 Å². The molecular formula is C14H20O4. The summed E-state index contributed by atoms with van der Waals surface area (Å²) in [5.41, 5.74) is 1.12. The zero-order chi connectivity index (χ0) is 13.1. The van der Waals surface area contributed by atoms with Crippen LogP contribution in [-0.4, -0.2) is 37.1 Å². The number of benzene rings is 1. The molecule has 0 amide bonds. The summed E-state index contributed by atoms with van der Waals surface area (Å²) in [6.45, 7) is 4.49. The molecule has 1 N–H and O–H groups in total. The Labute approximate surface area is 107 Å². The standard InChI is InChI=1S/C14H20O4/c1-4-17-14-10(15)8-13(14)18-11-6-5-9(2)7-12(11)16-3/h5-7,10,13-15H,4,8H2,1-3H3. The van der Waals surface area contributed by atoms with Crippen LogP contribution in [-0.2, 0) is 4.74 Å². The first-order chi connectivity index (χ1) is 8.65. The van der Waals surface area contributed by atoms with Gasteiger partial charge in [0.2, 0.25) is 0 Å². The lowest BCUT2D eigenvalue weighted by Gasteiger charge is -2.40. The fourth-order valence-electron chi connectivity index (χ4n) is 2.12. The van der Waals surface area contributed by atoms with Crippen LogP contribution in [0.25, 0.3) is 0 Å². The van der Waals surface area contributed by atoms with Crippen molar-refractivity contribution in [2.24, 2.45) is 0 Å². The number of rotatable bonds is 5. The third-order valence-corrected chi connectivity index (χ3v) is 3.18. The van der Waals surface area contributed by atoms with Crippen molar-refractivity contribution in [1.82, 2.24) is 0 Å². The van der Waals surface area contributed by atoms with Gasteiger partial charge < -0.3 is 19.3 Å². The van der Waals surface area contributed by atoms with Crippen LogP contribution in [0.1, 0.15) is 18.9 Å². The highest BCUT2D eigenvalue weighted by atomic mass is 16.6. The van der Waals surface area contributed by atoms with E-state index in [1.165, 1.54) is 0 Å². The maximum atomic E-state index is 9.62. The largest absolute Gasteiger partial charge is 0.493 e. The Balaban J connectivity index is 2.05. The third-order valence-electron chi connectivity index (χ3n) is 3.18. The van der Waals surface area contributed by atoms with Crippen molar-refractivity contribution in [3.63, 3.8) is 0 Å². The highest BCUT2D eigenvalue weighted by Crippen LogP contribution is 2.34. The van der Waals surface area contributed by atoms with E-state index in [9.17, 15) is 5.11 Å². The Kier molecular flexibility index (Phi) is 4.09. The van der Waals surface area contributed by atoms with Gasteiger partial charge in [-0.2, -0.15) is 0 Å². The topological polar surface area (TPSA) is 47.9 Å². The minimum absolute atomic E-state index is 0.100. The van der Waals surface area contributed by atoms with Gasteiger partial charge in [0.15, 0.2) is 11.5 Å². The number of aliphatic hydroxyl groups is 1. The maximum Gasteiger partial charge on any atom is 0.161 e. The van der Waals surface area contributed by atoms with Gasteiger partial charge in [-0.25, -0.2) is 0 Å². The van der Waals surface area contributed by atoms with E-state index in [0.29, 0.717) is 24.5 Å². The molecule has 0 aliphatic heterocycles. The number of aliphatic hydroxyl groups excluding tert-OH is 1. The molecule has 3 atom stereocenters. The SMILES string of the molecule is CCOC1C(O)CC1Oc1ccc(C)cc1OC. The number of hydrogen-bond acceptors (Lipinski definition) is 4. The molecule has 2 rings (SSSR count). The molecule has 18 heavy (non-hydrogen) atoms. The smallest absolute Gasteiger partial charge is 0.161 e. The van der Waals surface area contributed by atoms with Gasteiger partial charge in [-0.05, 0) is 31.5 Å². The van der Waals surface area contributed by atoms with E-state index in [1.54, 1.807) is 7.11 Å². The van der Waals surface area contributed by atoms with E-state index in [1.807, 2.05) is 32.0 Å². The van der Waals surface area contributed by atoms with Crippen LogP contribution in [0.5, 0.6) is 11.5 Å². The maximum absolute atomic E-state index is 9.62. The van der Waals surface area contributed by atoms with E-state index in [0.717, 1.165) is 5.56 Å². The molecular weight excluding hydrogens is 232 g/mol. The summed E-state index contributed by atoms with van der Waals surface area (Å²) in [4.78, 5) is 0. The van der Waals surface area contributed by atoms with Crippen molar-refractivity contribution in [3.05, 3.63) is 23.8 Å². The van der Waals surface area contributed by atoms with Crippen molar-refractivity contribution in [2.45, 2.75) is 38.6 Å². The lowest BCUT2D eigenvalue weighted by Crippen LogP contribution is -2.55. The predicted octanol–water partition coefficient (Wildman–Crippen LogP) is 1.92. The summed E-state index contributed by atoms with van der Waals surface area (Å²) < 4.78 is 16.6. The summed E-state index contributed by atoms with van der Waals surface area (Å²) in [6, 6.07) is 5.80. The Morgan fingerprint density at radius 2 is 2.11 bits per heavy atom. The molecule has 0 spiro atoms. The van der Waals surface area contributed by atoms with Crippen LogP contribution in [0.2, 0.25) is 0 Å². The van der Waals surface area contributed by atoms with Gasteiger partial charge in [-0.1, -0.05) is 6.07 Å². The molecule has 1 aliphatic rings. The van der Waals surface area contributed by atoms with Gasteiger partial charge in [0, 0.05) is 13.0 Å². The fraction of sp³-hybridized carbons (Fsp3) is 0.571. The normalized spacial score (nSPS) is 26.6. The molecule has 0 bridgehead atoms. The summed E-state index contributed by atoms with van der Waals surface area (Å²) in [7, 11) is 1.62. The second-order valence-corrected chi connectivity index (χ2v) is 4.53. The first-order valence-corrected chi connectivity index (χ1v) is 6.26. The second-order valence-electron chi connectivity index (χ2n) is 4.53. The monoisotopic (exact) mass is 252 g/mol. The number of aryl methyl sites for hydroxylation is 1. The molecule has 1 aliphatic carbocycles. The zero-order valence-corrected chi connectivity index (χ0v) is 11.1. The third kappa shape index (κ3) is 2.60. The van der Waals surface area contributed by atoms with Crippen molar-refractivity contribution in [3.8, 4) is 11.5 Å². The first kappa shape index (κ1) is 13.2. The lowest BCUT2D eigenvalue weighted by atomic mass is 9.88. The van der Waals surface area contributed by atoms with Gasteiger partial charge in [0.25, 0.3) is 0 Å². The van der Waals surface area contributed by atoms with Crippen LogP contribution < -0.4 is 9.47 Å². The van der Waals surface area contributed by atoms with E-state index in [2.05, 4.69) is 0 Å². The summed E-state index contributed by atoms with van der Waals surface area (Å²) >= 11 is 0. The molecule has 0 aromatic heterocycles. The van der Waals surface area contributed by atoms with Crippen molar-refractivity contribution < 1.29 is 19.3 Å². The molecule has 0 saturated heterocycles. The first-order valence-electron chi connectivity index (χ1n) is 6.26. The van der Waals surface area contributed by atoms with E-state index in [4.69, 9.17) is 14.2 Å². The van der Waals surface area contributed by atoms with E-state index >= 15 is 0 Å². The Hall–Kier alpha value is -1.26. The van der Waals surface area contributed by atoms with Gasteiger partial charge in [-0.15, -0.1) is 0 Å². The average Bonchev–Trinajstić information content (AvgIpc) is 2.37. The molecule has 1 aromatic carbocycles. The molecule has 1 fully saturated rings. The highest BCUT2D eigenvalue weighted by molar-refractivity contribution is 5.42. The minimum atomic E-state index is -0.425. The predicted molar refractivity (Wildman–Crippen MR) is 68.2 cm³/mol. The minimum Gasteiger partial charge on any atom is -0.493 e. The van der Waals surface area contributed by atoms with Gasteiger partial charge >= 0.3 is 0 Å². The van der Waals surface area contributed by atoms with Crippen LogP contribution in [0.15, 0.2) is 18.2 Å². The molecule has 0 radical (unpaired) electrons. The number of methoxy groups -OCH3 is 1. The van der Waals surface area contributed by atoms with Crippen LogP contribution in [0.4, 0.5) is 0 Å². The quantitative estimate of drug-likeness (QED) is 0.869. The Morgan fingerprint density at radius 3 is 2.72 bits per heavy atom. The Morgan fingerprint density at radius 1 is 1.33 bits per heavy atom. The summed E-state index contributed by atoms with van der Waals surface area (Å²) in [5, 5.41) is 9.62.